The van der Waals surface area contributed by atoms with Crippen molar-refractivity contribution >= 4 is 11.6 Å². The molecule has 2 heterocycles. The van der Waals surface area contributed by atoms with E-state index in [0.29, 0.717) is 23.1 Å². The Labute approximate surface area is 145 Å². The second-order valence-electron chi connectivity index (χ2n) is 5.36. The van der Waals surface area contributed by atoms with Gasteiger partial charge in [0.15, 0.2) is 11.5 Å². The fourth-order valence-corrected chi connectivity index (χ4v) is 2.83. The molecule has 0 atom stereocenters. The van der Waals surface area contributed by atoms with Crippen LogP contribution >= 0.6 is 11.6 Å². The average molecular weight is 344 g/mol. The van der Waals surface area contributed by atoms with E-state index in [9.17, 15) is 0 Å². The van der Waals surface area contributed by atoms with Crippen molar-refractivity contribution < 1.29 is 9.47 Å². The van der Waals surface area contributed by atoms with E-state index in [0.717, 1.165) is 22.6 Å². The van der Waals surface area contributed by atoms with Gasteiger partial charge in [-0.25, -0.2) is 4.98 Å². The maximum atomic E-state index is 6.23. The van der Waals surface area contributed by atoms with Crippen LogP contribution in [0, 0.1) is 6.92 Å². The minimum absolute atomic E-state index is 0.522. The predicted octanol–water partition coefficient (Wildman–Crippen LogP) is 3.97. The van der Waals surface area contributed by atoms with Crippen LogP contribution in [0.25, 0.3) is 11.4 Å². The molecule has 3 aromatic rings. The number of hydrogen-bond donors (Lipinski definition) is 0. The van der Waals surface area contributed by atoms with E-state index in [1.54, 1.807) is 26.6 Å². The van der Waals surface area contributed by atoms with Crippen LogP contribution < -0.4 is 9.47 Å². The topological polar surface area (TPSA) is 49.2 Å². The van der Waals surface area contributed by atoms with Crippen LogP contribution in [0.1, 0.15) is 11.3 Å². The van der Waals surface area contributed by atoms with Gasteiger partial charge >= 0.3 is 0 Å². The Morgan fingerprint density at radius 1 is 1.12 bits per heavy atom. The molecule has 1 aromatic carbocycles. The zero-order chi connectivity index (χ0) is 17.1. The minimum atomic E-state index is 0.522. The largest absolute Gasteiger partial charge is 0.493 e. The number of nitrogens with zero attached hydrogens (tertiary/aromatic N) is 3. The third-order valence-corrected chi connectivity index (χ3v) is 4.08. The first-order valence-electron chi connectivity index (χ1n) is 7.47. The van der Waals surface area contributed by atoms with Crippen LogP contribution in [0.15, 0.2) is 42.9 Å². The van der Waals surface area contributed by atoms with Crippen LogP contribution in [0.5, 0.6) is 11.5 Å². The standard InChI is InChI=1S/C18H18ClN3O2/c1-12-9-13(17(24-3)16(10-12)23-2)18-21-7-8-22(18)11-15-14(19)5-4-6-20-15/h4-10H,11H2,1-3H3. The molecule has 0 spiro atoms. The van der Waals surface area contributed by atoms with Crippen LogP contribution in [0.3, 0.4) is 0 Å². The Kier molecular flexibility index (Phi) is 4.71. The zero-order valence-corrected chi connectivity index (χ0v) is 14.5. The van der Waals surface area contributed by atoms with Crippen molar-refractivity contribution in [3.05, 3.63) is 59.1 Å². The van der Waals surface area contributed by atoms with E-state index in [1.165, 1.54) is 0 Å². The van der Waals surface area contributed by atoms with E-state index in [2.05, 4.69) is 9.97 Å². The molecule has 6 heteroatoms. The van der Waals surface area contributed by atoms with Gasteiger partial charge in [-0.2, -0.15) is 0 Å². The van der Waals surface area contributed by atoms with Gasteiger partial charge in [0.05, 0.1) is 37.0 Å². The first-order chi connectivity index (χ1) is 11.6. The van der Waals surface area contributed by atoms with Crippen molar-refractivity contribution in [2.45, 2.75) is 13.5 Å². The molecule has 0 saturated heterocycles. The number of imidazole rings is 1. The van der Waals surface area contributed by atoms with Crippen LogP contribution in [0.4, 0.5) is 0 Å². The maximum absolute atomic E-state index is 6.23. The molecule has 5 nitrogen and oxygen atoms in total. The SMILES string of the molecule is COc1cc(C)cc(-c2nccn2Cc2ncccc2Cl)c1OC. The van der Waals surface area contributed by atoms with Crippen molar-refractivity contribution in [3.8, 4) is 22.9 Å². The van der Waals surface area contributed by atoms with Gasteiger partial charge in [-0.15, -0.1) is 0 Å². The second kappa shape index (κ2) is 6.93. The number of hydrogen-bond acceptors (Lipinski definition) is 4. The Bertz CT molecular complexity index is 861. The van der Waals surface area contributed by atoms with E-state index in [4.69, 9.17) is 21.1 Å². The summed E-state index contributed by atoms with van der Waals surface area (Å²) >= 11 is 6.23. The quantitative estimate of drug-likeness (QED) is 0.703. The summed E-state index contributed by atoms with van der Waals surface area (Å²) in [5.41, 5.74) is 2.72. The van der Waals surface area contributed by atoms with Gasteiger partial charge in [0.25, 0.3) is 0 Å². The van der Waals surface area contributed by atoms with Crippen LogP contribution in [0.2, 0.25) is 5.02 Å². The molecule has 0 radical (unpaired) electrons. The summed E-state index contributed by atoms with van der Waals surface area (Å²) in [5, 5.41) is 0.630. The Balaban J connectivity index is 2.08. The third-order valence-electron chi connectivity index (χ3n) is 3.73. The van der Waals surface area contributed by atoms with Gasteiger partial charge in [-0.3, -0.25) is 4.98 Å². The molecular weight excluding hydrogens is 326 g/mol. The molecule has 2 aromatic heterocycles. The molecule has 0 aliphatic carbocycles. The lowest BCUT2D eigenvalue weighted by Gasteiger charge is -2.15. The number of benzene rings is 1. The molecule has 3 rings (SSSR count). The molecule has 0 unspecified atom stereocenters. The summed E-state index contributed by atoms with van der Waals surface area (Å²) in [6.45, 7) is 2.53. The Morgan fingerprint density at radius 2 is 1.96 bits per heavy atom. The van der Waals surface area contributed by atoms with Crippen molar-refractivity contribution in [3.63, 3.8) is 0 Å². The Morgan fingerprint density at radius 3 is 2.67 bits per heavy atom. The number of pyridine rings is 1. The van der Waals surface area contributed by atoms with E-state index < -0.39 is 0 Å². The van der Waals surface area contributed by atoms with Gasteiger partial charge in [0.1, 0.15) is 5.82 Å². The molecule has 0 fully saturated rings. The third kappa shape index (κ3) is 3.08. The fraction of sp³-hybridized carbons (Fsp3) is 0.222. The minimum Gasteiger partial charge on any atom is -0.493 e. The number of aryl methyl sites for hydroxylation is 1. The highest BCUT2D eigenvalue weighted by Crippen LogP contribution is 2.38. The van der Waals surface area contributed by atoms with E-state index in [1.807, 2.05) is 42.0 Å². The molecule has 0 N–H and O–H groups in total. The molecule has 0 amide bonds. The second-order valence-corrected chi connectivity index (χ2v) is 5.77. The zero-order valence-electron chi connectivity index (χ0n) is 13.8. The number of rotatable bonds is 5. The lowest BCUT2D eigenvalue weighted by Crippen LogP contribution is -2.05. The van der Waals surface area contributed by atoms with Gasteiger partial charge < -0.3 is 14.0 Å². The normalized spacial score (nSPS) is 10.7. The molecule has 124 valence electrons. The van der Waals surface area contributed by atoms with Crippen molar-refractivity contribution in [1.82, 2.24) is 14.5 Å². The van der Waals surface area contributed by atoms with E-state index >= 15 is 0 Å². The first-order valence-corrected chi connectivity index (χ1v) is 7.85. The summed E-state index contributed by atoms with van der Waals surface area (Å²) in [5.74, 6) is 2.11. The number of halogens is 1. The van der Waals surface area contributed by atoms with Crippen molar-refractivity contribution in [2.75, 3.05) is 14.2 Å². The van der Waals surface area contributed by atoms with Crippen LogP contribution in [-0.2, 0) is 6.54 Å². The number of aromatic nitrogens is 3. The number of ether oxygens (including phenoxy) is 2. The molecular formula is C18H18ClN3O2. The molecule has 0 aliphatic rings. The van der Waals surface area contributed by atoms with Crippen molar-refractivity contribution in [2.24, 2.45) is 0 Å². The van der Waals surface area contributed by atoms with Gasteiger partial charge in [0.2, 0.25) is 0 Å². The van der Waals surface area contributed by atoms with Crippen molar-refractivity contribution in [1.29, 1.82) is 0 Å². The van der Waals surface area contributed by atoms with Gasteiger partial charge in [-0.1, -0.05) is 11.6 Å². The molecule has 0 aliphatic heterocycles. The average Bonchev–Trinajstić information content (AvgIpc) is 3.04. The molecule has 0 bridgehead atoms. The predicted molar refractivity (Wildman–Crippen MR) is 93.9 cm³/mol. The first kappa shape index (κ1) is 16.3. The summed E-state index contributed by atoms with van der Waals surface area (Å²) < 4.78 is 13.0. The van der Waals surface area contributed by atoms with E-state index in [-0.39, 0.29) is 0 Å². The lowest BCUT2D eigenvalue weighted by atomic mass is 10.1. The summed E-state index contributed by atoms with van der Waals surface area (Å²) in [6, 6.07) is 7.61. The molecule has 0 saturated carbocycles. The summed E-state index contributed by atoms with van der Waals surface area (Å²) in [4.78, 5) is 8.84. The maximum Gasteiger partial charge on any atom is 0.171 e. The van der Waals surface area contributed by atoms with Gasteiger partial charge in [0, 0.05) is 18.6 Å². The van der Waals surface area contributed by atoms with Crippen LogP contribution in [-0.4, -0.2) is 28.8 Å². The fourth-order valence-electron chi connectivity index (χ4n) is 2.65. The highest BCUT2D eigenvalue weighted by Gasteiger charge is 2.17. The highest BCUT2D eigenvalue weighted by atomic mass is 35.5. The summed E-state index contributed by atoms with van der Waals surface area (Å²) in [7, 11) is 3.25. The Hall–Kier alpha value is -2.53. The summed E-state index contributed by atoms with van der Waals surface area (Å²) in [6.07, 6.45) is 5.38. The lowest BCUT2D eigenvalue weighted by molar-refractivity contribution is 0.355. The smallest absolute Gasteiger partial charge is 0.171 e. The highest BCUT2D eigenvalue weighted by molar-refractivity contribution is 6.31. The number of methoxy groups -OCH3 is 2. The monoisotopic (exact) mass is 343 g/mol. The van der Waals surface area contributed by atoms with Gasteiger partial charge in [-0.05, 0) is 36.8 Å². The molecule has 24 heavy (non-hydrogen) atoms.